The number of benzene rings is 1. The molecular weight excluding hydrogens is 330 g/mol. The van der Waals surface area contributed by atoms with Crippen LogP contribution in [0.1, 0.15) is 42.9 Å². The zero-order valence-corrected chi connectivity index (χ0v) is 15.6. The molecule has 1 atom stereocenters. The van der Waals surface area contributed by atoms with Crippen LogP contribution in [0.3, 0.4) is 0 Å². The van der Waals surface area contributed by atoms with Gasteiger partial charge in [0.15, 0.2) is 0 Å². The zero-order chi connectivity index (χ0) is 17.5. The van der Waals surface area contributed by atoms with Gasteiger partial charge in [0, 0.05) is 12.2 Å². The molecule has 0 aliphatic carbocycles. The summed E-state index contributed by atoms with van der Waals surface area (Å²) in [5.74, 6) is 0. The average Bonchev–Trinajstić information content (AvgIpc) is 2.98. The van der Waals surface area contributed by atoms with Crippen LogP contribution in [0.25, 0.3) is 0 Å². The van der Waals surface area contributed by atoms with E-state index in [2.05, 4.69) is 32.4 Å². The predicted octanol–water partition coefficient (Wildman–Crippen LogP) is 4.80. The molecule has 1 aromatic carbocycles. The highest BCUT2D eigenvalue weighted by molar-refractivity contribution is 7.07. The Morgan fingerprint density at radius 2 is 2.00 bits per heavy atom. The van der Waals surface area contributed by atoms with Crippen LogP contribution in [0, 0.1) is 6.92 Å². The molecular formula is C20H27N3OS. The van der Waals surface area contributed by atoms with Gasteiger partial charge in [0.05, 0.1) is 6.04 Å². The second-order valence-corrected chi connectivity index (χ2v) is 7.51. The molecule has 3 rings (SSSR count). The van der Waals surface area contributed by atoms with Gasteiger partial charge < -0.3 is 10.6 Å². The van der Waals surface area contributed by atoms with Crippen molar-refractivity contribution in [2.24, 2.45) is 0 Å². The minimum Gasteiger partial charge on any atom is -0.336 e. The van der Waals surface area contributed by atoms with Crippen LogP contribution in [0.15, 0.2) is 41.1 Å². The lowest BCUT2D eigenvalue weighted by atomic mass is 10.1. The van der Waals surface area contributed by atoms with E-state index < -0.39 is 0 Å². The fraction of sp³-hybridized carbons (Fsp3) is 0.450. The minimum absolute atomic E-state index is 0.138. The SMILES string of the molecule is Cc1cccc(NC(=O)NCC(c2ccsc2)N2CCCCCC2)c1. The van der Waals surface area contributed by atoms with Crippen molar-refractivity contribution >= 4 is 23.1 Å². The number of nitrogens with one attached hydrogen (secondary N) is 2. The number of urea groups is 1. The summed E-state index contributed by atoms with van der Waals surface area (Å²) in [4.78, 5) is 14.8. The smallest absolute Gasteiger partial charge is 0.319 e. The van der Waals surface area contributed by atoms with E-state index in [1.807, 2.05) is 31.2 Å². The largest absolute Gasteiger partial charge is 0.336 e. The number of rotatable bonds is 5. The number of thiophene rings is 1. The Balaban J connectivity index is 1.61. The van der Waals surface area contributed by atoms with Gasteiger partial charge in [-0.3, -0.25) is 4.90 Å². The number of hydrogen-bond acceptors (Lipinski definition) is 3. The molecule has 0 spiro atoms. The molecule has 1 saturated heterocycles. The van der Waals surface area contributed by atoms with Crippen LogP contribution in [0.4, 0.5) is 10.5 Å². The lowest BCUT2D eigenvalue weighted by Gasteiger charge is -2.30. The van der Waals surface area contributed by atoms with E-state index in [0.29, 0.717) is 6.54 Å². The monoisotopic (exact) mass is 357 g/mol. The Kier molecular flexibility index (Phi) is 6.48. The van der Waals surface area contributed by atoms with Crippen LogP contribution in [-0.2, 0) is 0 Å². The molecule has 5 heteroatoms. The van der Waals surface area contributed by atoms with Gasteiger partial charge in [-0.25, -0.2) is 4.79 Å². The van der Waals surface area contributed by atoms with Crippen molar-refractivity contribution in [1.82, 2.24) is 10.2 Å². The summed E-state index contributed by atoms with van der Waals surface area (Å²) in [6.07, 6.45) is 5.12. The number of hydrogen-bond donors (Lipinski definition) is 2. The molecule has 134 valence electrons. The third-order valence-corrected chi connectivity index (χ3v) is 5.44. The first-order chi connectivity index (χ1) is 12.2. The Hall–Kier alpha value is -1.85. The fourth-order valence-electron chi connectivity index (χ4n) is 3.42. The third-order valence-electron chi connectivity index (χ3n) is 4.74. The molecule has 2 heterocycles. The van der Waals surface area contributed by atoms with Gasteiger partial charge in [0.1, 0.15) is 0 Å². The van der Waals surface area contributed by atoms with Gasteiger partial charge in [-0.15, -0.1) is 0 Å². The van der Waals surface area contributed by atoms with Gasteiger partial charge in [0.2, 0.25) is 0 Å². The van der Waals surface area contributed by atoms with E-state index in [0.717, 1.165) is 24.3 Å². The molecule has 1 aliphatic rings. The molecule has 1 fully saturated rings. The van der Waals surface area contributed by atoms with Crippen molar-refractivity contribution in [3.63, 3.8) is 0 Å². The third kappa shape index (κ3) is 5.31. The number of carbonyl (C=O) groups is 1. The molecule has 0 bridgehead atoms. The molecule has 2 amide bonds. The second kappa shape index (κ2) is 9.02. The lowest BCUT2D eigenvalue weighted by molar-refractivity contribution is 0.199. The molecule has 2 N–H and O–H groups in total. The lowest BCUT2D eigenvalue weighted by Crippen LogP contribution is -2.40. The highest BCUT2D eigenvalue weighted by atomic mass is 32.1. The topological polar surface area (TPSA) is 44.4 Å². The number of likely N-dealkylation sites (tertiary alicyclic amines) is 1. The van der Waals surface area contributed by atoms with E-state index in [1.54, 1.807) is 11.3 Å². The summed E-state index contributed by atoms with van der Waals surface area (Å²) in [6.45, 7) is 4.88. The highest BCUT2D eigenvalue weighted by Gasteiger charge is 2.22. The first kappa shape index (κ1) is 18.0. The minimum atomic E-state index is -0.138. The van der Waals surface area contributed by atoms with E-state index >= 15 is 0 Å². The number of carbonyl (C=O) groups excluding carboxylic acids is 1. The van der Waals surface area contributed by atoms with Gasteiger partial charge >= 0.3 is 6.03 Å². The van der Waals surface area contributed by atoms with Gasteiger partial charge in [-0.1, -0.05) is 25.0 Å². The van der Waals surface area contributed by atoms with Gasteiger partial charge in [-0.2, -0.15) is 11.3 Å². The number of amides is 2. The van der Waals surface area contributed by atoms with E-state index in [9.17, 15) is 4.79 Å². The quantitative estimate of drug-likeness (QED) is 0.807. The number of nitrogens with zero attached hydrogens (tertiary/aromatic N) is 1. The van der Waals surface area contributed by atoms with E-state index in [-0.39, 0.29) is 12.1 Å². The van der Waals surface area contributed by atoms with Crippen molar-refractivity contribution in [3.8, 4) is 0 Å². The number of aryl methyl sites for hydroxylation is 1. The fourth-order valence-corrected chi connectivity index (χ4v) is 4.12. The average molecular weight is 358 g/mol. The van der Waals surface area contributed by atoms with Crippen LogP contribution in [-0.4, -0.2) is 30.6 Å². The highest BCUT2D eigenvalue weighted by Crippen LogP contribution is 2.25. The molecule has 4 nitrogen and oxygen atoms in total. The van der Waals surface area contributed by atoms with Crippen molar-refractivity contribution in [3.05, 3.63) is 52.2 Å². The summed E-state index contributed by atoms with van der Waals surface area (Å²) in [6, 6.07) is 10.2. The van der Waals surface area contributed by atoms with Gasteiger partial charge in [0.25, 0.3) is 0 Å². The van der Waals surface area contributed by atoms with Crippen molar-refractivity contribution in [2.75, 3.05) is 25.0 Å². The Labute approximate surface area is 154 Å². The standard InChI is InChI=1S/C20H27N3OS/c1-16-7-6-8-18(13-16)22-20(24)21-14-19(17-9-12-25-15-17)23-10-4-2-3-5-11-23/h6-9,12-13,15,19H,2-5,10-11,14H2,1H3,(H2,21,22,24). The predicted molar refractivity (Wildman–Crippen MR) is 105 cm³/mol. The molecule has 0 radical (unpaired) electrons. The van der Waals surface area contributed by atoms with E-state index in [1.165, 1.54) is 31.2 Å². The molecule has 0 saturated carbocycles. The normalized spacial score (nSPS) is 16.8. The summed E-state index contributed by atoms with van der Waals surface area (Å²) in [7, 11) is 0. The Morgan fingerprint density at radius 1 is 1.20 bits per heavy atom. The van der Waals surface area contributed by atoms with Crippen LogP contribution in [0.5, 0.6) is 0 Å². The first-order valence-electron chi connectivity index (χ1n) is 9.10. The second-order valence-electron chi connectivity index (χ2n) is 6.73. The number of anilines is 1. The van der Waals surface area contributed by atoms with Gasteiger partial charge in [-0.05, 0) is 72.9 Å². The van der Waals surface area contributed by atoms with Crippen LogP contribution in [0.2, 0.25) is 0 Å². The van der Waals surface area contributed by atoms with Crippen LogP contribution >= 0.6 is 11.3 Å². The molecule has 1 aromatic heterocycles. The van der Waals surface area contributed by atoms with Crippen molar-refractivity contribution in [1.29, 1.82) is 0 Å². The summed E-state index contributed by atoms with van der Waals surface area (Å²) in [5.41, 5.74) is 3.28. The maximum absolute atomic E-state index is 12.3. The summed E-state index contributed by atoms with van der Waals surface area (Å²) >= 11 is 1.72. The Bertz CT molecular complexity index is 663. The molecule has 2 aromatic rings. The molecule has 25 heavy (non-hydrogen) atoms. The molecule has 1 aliphatic heterocycles. The maximum Gasteiger partial charge on any atom is 0.319 e. The van der Waals surface area contributed by atoms with Crippen molar-refractivity contribution in [2.45, 2.75) is 38.6 Å². The van der Waals surface area contributed by atoms with Crippen molar-refractivity contribution < 1.29 is 4.79 Å². The Morgan fingerprint density at radius 3 is 2.68 bits per heavy atom. The zero-order valence-electron chi connectivity index (χ0n) is 14.8. The van der Waals surface area contributed by atoms with E-state index in [4.69, 9.17) is 0 Å². The molecule has 1 unspecified atom stereocenters. The summed E-state index contributed by atoms with van der Waals surface area (Å²) in [5, 5.41) is 10.3. The van der Waals surface area contributed by atoms with Crippen LogP contribution < -0.4 is 10.6 Å². The maximum atomic E-state index is 12.3. The first-order valence-corrected chi connectivity index (χ1v) is 10.0. The summed E-state index contributed by atoms with van der Waals surface area (Å²) < 4.78 is 0.